The van der Waals surface area contributed by atoms with Gasteiger partial charge in [0, 0.05) is 12.1 Å². The van der Waals surface area contributed by atoms with Crippen LogP contribution in [-0.4, -0.2) is 25.7 Å². The Hall–Kier alpha value is -0.870. The van der Waals surface area contributed by atoms with Crippen LogP contribution in [0.3, 0.4) is 0 Å². The maximum Gasteiger partial charge on any atom is 0.122 e. The third-order valence-electron chi connectivity index (χ3n) is 3.73. The molecule has 1 aromatic carbocycles. The van der Waals surface area contributed by atoms with Crippen LogP contribution in [0.1, 0.15) is 30.9 Å². The standard InChI is InChI=1S/C15H23NO2S/c1-17-13-8-12(9-14(10-13)18-2)15(16)7-11-3-5-19-6-4-11/h8-11,15H,3-7,16H2,1-2H3. The normalized spacial score (nSPS) is 18.1. The first-order valence-electron chi connectivity index (χ1n) is 6.79. The summed E-state index contributed by atoms with van der Waals surface area (Å²) in [7, 11) is 3.34. The highest BCUT2D eigenvalue weighted by atomic mass is 32.2. The summed E-state index contributed by atoms with van der Waals surface area (Å²) >= 11 is 2.05. The number of thioether (sulfide) groups is 1. The van der Waals surface area contributed by atoms with Crippen molar-refractivity contribution in [2.24, 2.45) is 11.7 Å². The maximum atomic E-state index is 6.36. The first-order valence-corrected chi connectivity index (χ1v) is 7.94. The molecule has 1 heterocycles. The van der Waals surface area contributed by atoms with Gasteiger partial charge in [-0.05, 0) is 54.4 Å². The molecule has 106 valence electrons. The van der Waals surface area contributed by atoms with Crippen LogP contribution in [0.25, 0.3) is 0 Å². The summed E-state index contributed by atoms with van der Waals surface area (Å²) < 4.78 is 10.6. The molecular weight excluding hydrogens is 258 g/mol. The van der Waals surface area contributed by atoms with Crippen molar-refractivity contribution < 1.29 is 9.47 Å². The molecule has 1 aromatic rings. The van der Waals surface area contributed by atoms with Crippen molar-refractivity contribution in [3.63, 3.8) is 0 Å². The van der Waals surface area contributed by atoms with Crippen LogP contribution in [0, 0.1) is 5.92 Å². The van der Waals surface area contributed by atoms with Gasteiger partial charge >= 0.3 is 0 Å². The number of hydrogen-bond acceptors (Lipinski definition) is 4. The Bertz CT molecular complexity index is 383. The average molecular weight is 281 g/mol. The van der Waals surface area contributed by atoms with Crippen molar-refractivity contribution >= 4 is 11.8 Å². The molecule has 1 aliphatic heterocycles. The fourth-order valence-electron chi connectivity index (χ4n) is 2.52. The Labute approximate surface area is 119 Å². The number of ether oxygens (including phenoxy) is 2. The Morgan fingerprint density at radius 2 is 1.74 bits per heavy atom. The second kappa shape index (κ2) is 7.06. The zero-order valence-electron chi connectivity index (χ0n) is 11.7. The van der Waals surface area contributed by atoms with E-state index in [0.29, 0.717) is 0 Å². The van der Waals surface area contributed by atoms with E-state index < -0.39 is 0 Å². The number of rotatable bonds is 5. The second-order valence-corrected chi connectivity index (χ2v) is 6.27. The van der Waals surface area contributed by atoms with E-state index in [4.69, 9.17) is 15.2 Å². The highest BCUT2D eigenvalue weighted by Gasteiger charge is 2.18. The number of nitrogens with two attached hydrogens (primary N) is 1. The molecule has 4 heteroatoms. The molecule has 0 aromatic heterocycles. The smallest absolute Gasteiger partial charge is 0.122 e. The molecule has 2 N–H and O–H groups in total. The molecule has 0 saturated carbocycles. The second-order valence-electron chi connectivity index (χ2n) is 5.04. The Morgan fingerprint density at radius 1 is 1.16 bits per heavy atom. The summed E-state index contributed by atoms with van der Waals surface area (Å²) in [4.78, 5) is 0. The molecule has 2 rings (SSSR count). The molecule has 0 aliphatic carbocycles. The van der Waals surface area contributed by atoms with Gasteiger partial charge in [-0.1, -0.05) is 0 Å². The molecule has 1 unspecified atom stereocenters. The summed E-state index contributed by atoms with van der Waals surface area (Å²) in [5.41, 5.74) is 7.46. The molecule has 1 fully saturated rings. The molecule has 0 spiro atoms. The number of hydrogen-bond donors (Lipinski definition) is 1. The minimum absolute atomic E-state index is 0.0668. The lowest BCUT2D eigenvalue weighted by Gasteiger charge is -2.24. The van der Waals surface area contributed by atoms with Crippen LogP contribution >= 0.6 is 11.8 Å². The summed E-state index contributed by atoms with van der Waals surface area (Å²) in [6.45, 7) is 0. The van der Waals surface area contributed by atoms with Crippen LogP contribution in [0.2, 0.25) is 0 Å². The van der Waals surface area contributed by atoms with Crippen molar-refractivity contribution in [1.29, 1.82) is 0 Å². The van der Waals surface area contributed by atoms with Gasteiger partial charge in [0.1, 0.15) is 11.5 Å². The molecule has 0 radical (unpaired) electrons. The lowest BCUT2D eigenvalue weighted by atomic mass is 9.91. The predicted octanol–water partition coefficient (Wildman–Crippen LogP) is 3.24. The van der Waals surface area contributed by atoms with Crippen LogP contribution in [0.4, 0.5) is 0 Å². The molecule has 1 atom stereocenters. The third-order valence-corrected chi connectivity index (χ3v) is 4.78. The Balaban J connectivity index is 2.06. The van der Waals surface area contributed by atoms with Gasteiger partial charge in [-0.2, -0.15) is 11.8 Å². The minimum atomic E-state index is 0.0668. The third kappa shape index (κ3) is 4.05. The quantitative estimate of drug-likeness (QED) is 0.900. The molecule has 0 amide bonds. The van der Waals surface area contributed by atoms with Gasteiger partial charge in [-0.25, -0.2) is 0 Å². The van der Waals surface area contributed by atoms with Crippen LogP contribution in [0.5, 0.6) is 11.5 Å². The monoisotopic (exact) mass is 281 g/mol. The van der Waals surface area contributed by atoms with E-state index in [1.165, 1.54) is 24.3 Å². The van der Waals surface area contributed by atoms with Crippen molar-refractivity contribution in [2.45, 2.75) is 25.3 Å². The van der Waals surface area contributed by atoms with E-state index in [1.807, 2.05) is 18.2 Å². The summed E-state index contributed by atoms with van der Waals surface area (Å²) in [5, 5.41) is 0. The largest absolute Gasteiger partial charge is 0.497 e. The fourth-order valence-corrected chi connectivity index (χ4v) is 3.72. The molecule has 19 heavy (non-hydrogen) atoms. The molecular formula is C15H23NO2S. The maximum absolute atomic E-state index is 6.36. The molecule has 1 saturated heterocycles. The topological polar surface area (TPSA) is 44.5 Å². The van der Waals surface area contributed by atoms with Gasteiger partial charge in [-0.3, -0.25) is 0 Å². The Morgan fingerprint density at radius 3 is 2.26 bits per heavy atom. The van der Waals surface area contributed by atoms with Gasteiger partial charge in [0.05, 0.1) is 14.2 Å². The van der Waals surface area contributed by atoms with E-state index in [0.717, 1.165) is 29.4 Å². The molecule has 1 aliphatic rings. The minimum Gasteiger partial charge on any atom is -0.497 e. The van der Waals surface area contributed by atoms with E-state index >= 15 is 0 Å². The number of methoxy groups -OCH3 is 2. The van der Waals surface area contributed by atoms with E-state index in [2.05, 4.69) is 11.8 Å². The first kappa shape index (κ1) is 14.5. The van der Waals surface area contributed by atoms with Crippen LogP contribution in [-0.2, 0) is 0 Å². The molecule has 3 nitrogen and oxygen atoms in total. The molecule has 0 bridgehead atoms. The highest BCUT2D eigenvalue weighted by molar-refractivity contribution is 7.99. The lowest BCUT2D eigenvalue weighted by Crippen LogP contribution is -2.19. The lowest BCUT2D eigenvalue weighted by molar-refractivity contribution is 0.387. The highest BCUT2D eigenvalue weighted by Crippen LogP contribution is 2.32. The van der Waals surface area contributed by atoms with E-state index in [-0.39, 0.29) is 6.04 Å². The summed E-state index contributed by atoms with van der Waals surface area (Å²) in [6.07, 6.45) is 3.63. The van der Waals surface area contributed by atoms with Gasteiger partial charge in [0.25, 0.3) is 0 Å². The zero-order valence-corrected chi connectivity index (χ0v) is 12.5. The van der Waals surface area contributed by atoms with E-state index in [9.17, 15) is 0 Å². The van der Waals surface area contributed by atoms with Crippen molar-refractivity contribution in [3.05, 3.63) is 23.8 Å². The number of benzene rings is 1. The average Bonchev–Trinajstić information content (AvgIpc) is 2.47. The van der Waals surface area contributed by atoms with Crippen LogP contribution < -0.4 is 15.2 Å². The van der Waals surface area contributed by atoms with Crippen molar-refractivity contribution in [1.82, 2.24) is 0 Å². The van der Waals surface area contributed by atoms with Crippen molar-refractivity contribution in [2.75, 3.05) is 25.7 Å². The van der Waals surface area contributed by atoms with Gasteiger partial charge in [0.2, 0.25) is 0 Å². The first-order chi connectivity index (χ1) is 9.22. The van der Waals surface area contributed by atoms with Gasteiger partial charge < -0.3 is 15.2 Å². The SMILES string of the molecule is COc1cc(OC)cc(C(N)CC2CCSCC2)c1. The van der Waals surface area contributed by atoms with Crippen LogP contribution in [0.15, 0.2) is 18.2 Å². The zero-order chi connectivity index (χ0) is 13.7. The fraction of sp³-hybridized carbons (Fsp3) is 0.600. The van der Waals surface area contributed by atoms with Gasteiger partial charge in [-0.15, -0.1) is 0 Å². The van der Waals surface area contributed by atoms with Gasteiger partial charge in [0.15, 0.2) is 0 Å². The summed E-state index contributed by atoms with van der Waals surface area (Å²) in [6, 6.07) is 5.99. The van der Waals surface area contributed by atoms with E-state index in [1.54, 1.807) is 14.2 Å². The van der Waals surface area contributed by atoms with Crippen molar-refractivity contribution in [3.8, 4) is 11.5 Å². The summed E-state index contributed by atoms with van der Waals surface area (Å²) in [5.74, 6) is 4.93. The predicted molar refractivity (Wildman–Crippen MR) is 81.1 cm³/mol. The Kier molecular flexibility index (Phi) is 5.40.